The van der Waals surface area contributed by atoms with Crippen molar-refractivity contribution in [2.75, 3.05) is 54.4 Å². The SMILES string of the molecule is C[N+](C)(C)CCCC[N+]1(C)CCCCC1. The second-order valence-electron chi connectivity index (χ2n) is 6.57. The molecule has 0 amide bonds. The van der Waals surface area contributed by atoms with Gasteiger partial charge in [-0.3, -0.25) is 0 Å². The monoisotopic (exact) mass is 214 g/mol. The van der Waals surface area contributed by atoms with Gasteiger partial charge in [0.2, 0.25) is 0 Å². The minimum absolute atomic E-state index is 1.11. The standard InChI is InChI=1S/C13H30N2/c1-14(2,3)10-8-9-13-15(4)11-6-5-7-12-15/h5-13H2,1-4H3/q+2. The Labute approximate surface area is 96.1 Å². The van der Waals surface area contributed by atoms with Gasteiger partial charge >= 0.3 is 0 Å². The molecule has 0 aromatic carbocycles. The number of quaternary nitrogens is 2. The normalized spacial score (nSPS) is 21.6. The molecule has 0 spiro atoms. The van der Waals surface area contributed by atoms with Crippen molar-refractivity contribution in [1.29, 1.82) is 0 Å². The van der Waals surface area contributed by atoms with Crippen molar-refractivity contribution in [2.45, 2.75) is 32.1 Å². The Hall–Kier alpha value is -0.0800. The molecule has 0 atom stereocenters. The van der Waals surface area contributed by atoms with Crippen molar-refractivity contribution in [3.63, 3.8) is 0 Å². The molecule has 90 valence electrons. The molecule has 0 aromatic heterocycles. The summed E-state index contributed by atoms with van der Waals surface area (Å²) in [6.07, 6.45) is 7.16. The fourth-order valence-corrected chi connectivity index (χ4v) is 2.58. The van der Waals surface area contributed by atoms with Gasteiger partial charge in [-0.25, -0.2) is 0 Å². The molecule has 0 bridgehead atoms. The first-order valence-electron chi connectivity index (χ1n) is 6.55. The second kappa shape index (κ2) is 5.31. The molecule has 0 aliphatic carbocycles. The van der Waals surface area contributed by atoms with Gasteiger partial charge in [-0.05, 0) is 19.3 Å². The van der Waals surface area contributed by atoms with Crippen LogP contribution >= 0.6 is 0 Å². The first-order chi connectivity index (χ1) is 6.91. The molecule has 0 radical (unpaired) electrons. The van der Waals surface area contributed by atoms with Gasteiger partial charge < -0.3 is 8.97 Å². The zero-order chi connectivity index (χ0) is 11.4. The molecular weight excluding hydrogens is 184 g/mol. The van der Waals surface area contributed by atoms with Crippen LogP contribution in [0.3, 0.4) is 0 Å². The Morgan fingerprint density at radius 2 is 1.53 bits per heavy atom. The summed E-state index contributed by atoms with van der Waals surface area (Å²) in [4.78, 5) is 0. The van der Waals surface area contributed by atoms with E-state index in [1.807, 2.05) is 0 Å². The Morgan fingerprint density at radius 1 is 0.933 bits per heavy atom. The van der Waals surface area contributed by atoms with E-state index in [2.05, 4.69) is 28.2 Å². The first kappa shape index (κ1) is 13.0. The van der Waals surface area contributed by atoms with Crippen LogP contribution in [0.2, 0.25) is 0 Å². The predicted octanol–water partition coefficient (Wildman–Crippen LogP) is 2.10. The average Bonchev–Trinajstić information content (AvgIpc) is 2.12. The van der Waals surface area contributed by atoms with Gasteiger partial charge in [-0.1, -0.05) is 0 Å². The molecule has 2 nitrogen and oxygen atoms in total. The molecule has 1 heterocycles. The third kappa shape index (κ3) is 5.53. The summed E-state index contributed by atoms with van der Waals surface area (Å²) in [5, 5.41) is 0. The van der Waals surface area contributed by atoms with Crippen LogP contribution < -0.4 is 0 Å². The van der Waals surface area contributed by atoms with Crippen molar-refractivity contribution >= 4 is 0 Å². The smallest absolute Gasteiger partial charge is 0.0786 e. The van der Waals surface area contributed by atoms with Crippen LogP contribution in [0.25, 0.3) is 0 Å². The number of hydrogen-bond acceptors (Lipinski definition) is 0. The summed E-state index contributed by atoms with van der Waals surface area (Å²) in [5.41, 5.74) is 0. The highest BCUT2D eigenvalue weighted by Gasteiger charge is 2.23. The van der Waals surface area contributed by atoms with E-state index in [1.54, 1.807) is 0 Å². The fourth-order valence-electron chi connectivity index (χ4n) is 2.58. The molecule has 1 aliphatic rings. The van der Waals surface area contributed by atoms with E-state index in [9.17, 15) is 0 Å². The highest BCUT2D eigenvalue weighted by atomic mass is 15.3. The van der Waals surface area contributed by atoms with E-state index in [0.29, 0.717) is 0 Å². The lowest BCUT2D eigenvalue weighted by atomic mass is 10.1. The lowest BCUT2D eigenvalue weighted by molar-refractivity contribution is -0.915. The molecule has 0 saturated carbocycles. The lowest BCUT2D eigenvalue weighted by Gasteiger charge is -2.38. The maximum atomic E-state index is 2.45. The van der Waals surface area contributed by atoms with Gasteiger partial charge in [0.15, 0.2) is 0 Å². The summed E-state index contributed by atoms with van der Waals surface area (Å²) in [7, 11) is 9.32. The molecule has 1 rings (SSSR count). The number of nitrogens with zero attached hydrogens (tertiary/aromatic N) is 2. The third-order valence-corrected chi connectivity index (χ3v) is 3.67. The topological polar surface area (TPSA) is 0 Å². The van der Waals surface area contributed by atoms with Crippen LogP contribution in [0.1, 0.15) is 32.1 Å². The summed E-state index contributed by atoms with van der Waals surface area (Å²) in [6.45, 7) is 5.56. The zero-order valence-electron chi connectivity index (χ0n) is 11.3. The number of likely N-dealkylation sites (tertiary alicyclic amines) is 1. The molecule has 1 saturated heterocycles. The van der Waals surface area contributed by atoms with Gasteiger partial charge in [-0.2, -0.15) is 0 Å². The van der Waals surface area contributed by atoms with Gasteiger partial charge in [0.25, 0.3) is 0 Å². The fraction of sp³-hybridized carbons (Fsp3) is 1.00. The maximum Gasteiger partial charge on any atom is 0.0786 e. The van der Waals surface area contributed by atoms with Crippen molar-refractivity contribution in [1.82, 2.24) is 0 Å². The molecule has 1 fully saturated rings. The van der Waals surface area contributed by atoms with Crippen LogP contribution in [0.5, 0.6) is 0 Å². The highest BCUT2D eigenvalue weighted by Crippen LogP contribution is 2.17. The van der Waals surface area contributed by atoms with Crippen molar-refractivity contribution in [3.8, 4) is 0 Å². The average molecular weight is 214 g/mol. The van der Waals surface area contributed by atoms with E-state index < -0.39 is 0 Å². The van der Waals surface area contributed by atoms with Gasteiger partial charge in [0, 0.05) is 12.8 Å². The zero-order valence-corrected chi connectivity index (χ0v) is 11.3. The number of hydrogen-bond donors (Lipinski definition) is 0. The Kier molecular flexibility index (Phi) is 4.60. The van der Waals surface area contributed by atoms with E-state index in [0.717, 1.165) is 4.48 Å². The summed E-state index contributed by atoms with van der Waals surface area (Å²) in [5.74, 6) is 0. The number of rotatable bonds is 5. The van der Waals surface area contributed by atoms with Crippen LogP contribution in [0.15, 0.2) is 0 Å². The minimum Gasteiger partial charge on any atom is -0.331 e. The summed E-state index contributed by atoms with van der Waals surface area (Å²) in [6, 6.07) is 0. The van der Waals surface area contributed by atoms with Gasteiger partial charge in [0.05, 0.1) is 54.4 Å². The van der Waals surface area contributed by atoms with Crippen molar-refractivity contribution < 1.29 is 8.97 Å². The summed E-state index contributed by atoms with van der Waals surface area (Å²) >= 11 is 0. The van der Waals surface area contributed by atoms with Gasteiger partial charge in [-0.15, -0.1) is 0 Å². The second-order valence-corrected chi connectivity index (χ2v) is 6.57. The third-order valence-electron chi connectivity index (χ3n) is 3.67. The van der Waals surface area contributed by atoms with Crippen molar-refractivity contribution in [2.24, 2.45) is 0 Å². The van der Waals surface area contributed by atoms with E-state index in [1.165, 1.54) is 62.8 Å². The minimum atomic E-state index is 1.11. The Balaban J connectivity index is 2.13. The Bertz CT molecular complexity index is 175. The van der Waals surface area contributed by atoms with Crippen LogP contribution in [0.4, 0.5) is 0 Å². The van der Waals surface area contributed by atoms with Crippen LogP contribution in [-0.4, -0.2) is 63.3 Å². The van der Waals surface area contributed by atoms with E-state index in [-0.39, 0.29) is 0 Å². The molecule has 2 heteroatoms. The number of unbranched alkanes of at least 4 members (excludes halogenated alkanes) is 1. The molecule has 15 heavy (non-hydrogen) atoms. The predicted molar refractivity (Wildman–Crippen MR) is 66.8 cm³/mol. The van der Waals surface area contributed by atoms with E-state index in [4.69, 9.17) is 0 Å². The summed E-state index contributed by atoms with van der Waals surface area (Å²) < 4.78 is 2.46. The molecule has 0 unspecified atom stereocenters. The lowest BCUT2D eigenvalue weighted by Crippen LogP contribution is -2.48. The largest absolute Gasteiger partial charge is 0.331 e. The molecular formula is C13H30N2+2. The Morgan fingerprint density at radius 3 is 2.07 bits per heavy atom. The molecule has 1 aliphatic heterocycles. The van der Waals surface area contributed by atoms with E-state index >= 15 is 0 Å². The quantitative estimate of drug-likeness (QED) is 0.486. The highest BCUT2D eigenvalue weighted by molar-refractivity contribution is 4.52. The van der Waals surface area contributed by atoms with Crippen LogP contribution in [0, 0.1) is 0 Å². The number of piperidine rings is 1. The first-order valence-corrected chi connectivity index (χ1v) is 6.55. The molecule has 0 N–H and O–H groups in total. The van der Waals surface area contributed by atoms with Gasteiger partial charge in [0.1, 0.15) is 0 Å². The molecule has 0 aromatic rings. The van der Waals surface area contributed by atoms with Crippen LogP contribution in [-0.2, 0) is 0 Å². The maximum absolute atomic E-state index is 2.45. The van der Waals surface area contributed by atoms with Crippen molar-refractivity contribution in [3.05, 3.63) is 0 Å².